The van der Waals surface area contributed by atoms with Crippen molar-refractivity contribution in [3.63, 3.8) is 0 Å². The van der Waals surface area contributed by atoms with Gasteiger partial charge in [0.25, 0.3) is 5.91 Å². The maximum Gasteiger partial charge on any atom is 0.326 e. The summed E-state index contributed by atoms with van der Waals surface area (Å²) < 4.78 is 0.817. The normalized spacial score (nSPS) is 19.6. The summed E-state index contributed by atoms with van der Waals surface area (Å²) in [4.78, 5) is 24.9. The van der Waals surface area contributed by atoms with Crippen LogP contribution in [0.5, 0.6) is 0 Å². The van der Waals surface area contributed by atoms with Crippen LogP contribution in [0.4, 0.5) is 0 Å². The van der Waals surface area contributed by atoms with Crippen LogP contribution >= 0.6 is 15.9 Å². The van der Waals surface area contributed by atoms with Gasteiger partial charge in [-0.15, -0.1) is 0 Å². The Morgan fingerprint density at radius 3 is 2.78 bits per heavy atom. The second-order valence-corrected chi connectivity index (χ2v) is 5.27. The number of halogens is 1. The molecule has 0 bridgehead atoms. The Kier molecular flexibility index (Phi) is 4.01. The van der Waals surface area contributed by atoms with E-state index in [0.717, 1.165) is 17.3 Å². The first-order chi connectivity index (χ1) is 8.59. The van der Waals surface area contributed by atoms with E-state index in [9.17, 15) is 9.59 Å². The van der Waals surface area contributed by atoms with Crippen molar-refractivity contribution in [2.24, 2.45) is 0 Å². The number of piperidine rings is 1. The number of carbonyl (C=O) groups is 2. The number of benzene rings is 1. The molecule has 96 valence electrons. The van der Waals surface area contributed by atoms with E-state index in [2.05, 4.69) is 15.9 Å². The standard InChI is InChI=1S/C13H14BrNO3/c14-10-5-3-4-9(8-10)12(16)15-7-2-1-6-11(15)13(17)18/h3-5,8,11H,1-2,6-7H2,(H,17,18). The number of nitrogens with zero attached hydrogens (tertiary/aromatic N) is 1. The molecular formula is C13H14BrNO3. The Balaban J connectivity index is 2.23. The van der Waals surface area contributed by atoms with Crippen molar-refractivity contribution in [3.05, 3.63) is 34.3 Å². The molecular weight excluding hydrogens is 298 g/mol. The third-order valence-electron chi connectivity index (χ3n) is 3.12. The van der Waals surface area contributed by atoms with E-state index in [4.69, 9.17) is 5.11 Å². The molecule has 0 saturated carbocycles. The summed E-state index contributed by atoms with van der Waals surface area (Å²) in [5.41, 5.74) is 0.525. The van der Waals surface area contributed by atoms with E-state index in [1.165, 1.54) is 4.90 Å². The molecule has 1 N–H and O–H groups in total. The Labute approximate surface area is 114 Å². The van der Waals surface area contributed by atoms with E-state index in [-0.39, 0.29) is 5.91 Å². The molecule has 1 saturated heterocycles. The van der Waals surface area contributed by atoms with Crippen molar-refractivity contribution < 1.29 is 14.7 Å². The number of carboxylic acid groups (broad SMARTS) is 1. The van der Waals surface area contributed by atoms with Gasteiger partial charge >= 0.3 is 5.97 Å². The zero-order valence-corrected chi connectivity index (χ0v) is 11.4. The van der Waals surface area contributed by atoms with Crippen molar-refractivity contribution in [3.8, 4) is 0 Å². The topological polar surface area (TPSA) is 57.6 Å². The first-order valence-electron chi connectivity index (χ1n) is 5.89. The van der Waals surface area contributed by atoms with Gasteiger partial charge in [-0.25, -0.2) is 4.79 Å². The van der Waals surface area contributed by atoms with Crippen LogP contribution in [-0.4, -0.2) is 34.5 Å². The minimum absolute atomic E-state index is 0.205. The quantitative estimate of drug-likeness (QED) is 0.913. The van der Waals surface area contributed by atoms with Crippen LogP contribution in [0.3, 0.4) is 0 Å². The lowest BCUT2D eigenvalue weighted by atomic mass is 10.0. The number of likely N-dealkylation sites (tertiary alicyclic amines) is 1. The number of carbonyl (C=O) groups excluding carboxylic acids is 1. The lowest BCUT2D eigenvalue weighted by Crippen LogP contribution is -2.47. The summed E-state index contributed by atoms with van der Waals surface area (Å²) in [6, 6.07) is 6.35. The lowest BCUT2D eigenvalue weighted by Gasteiger charge is -2.33. The Morgan fingerprint density at radius 1 is 1.33 bits per heavy atom. The van der Waals surface area contributed by atoms with Gasteiger partial charge < -0.3 is 10.0 Å². The Morgan fingerprint density at radius 2 is 2.11 bits per heavy atom. The Hall–Kier alpha value is -1.36. The second-order valence-electron chi connectivity index (χ2n) is 4.36. The molecule has 1 atom stereocenters. The first-order valence-corrected chi connectivity index (χ1v) is 6.68. The fourth-order valence-electron chi connectivity index (χ4n) is 2.22. The smallest absolute Gasteiger partial charge is 0.326 e. The highest BCUT2D eigenvalue weighted by Gasteiger charge is 2.32. The van der Waals surface area contributed by atoms with Crippen LogP contribution in [0.15, 0.2) is 28.7 Å². The molecule has 1 aliphatic rings. The highest BCUT2D eigenvalue weighted by Crippen LogP contribution is 2.21. The lowest BCUT2D eigenvalue weighted by molar-refractivity contribution is -0.143. The Bertz CT molecular complexity index is 475. The number of amides is 1. The largest absolute Gasteiger partial charge is 0.480 e. The molecule has 0 aliphatic carbocycles. The molecule has 2 rings (SSSR count). The summed E-state index contributed by atoms with van der Waals surface area (Å²) in [7, 11) is 0. The second kappa shape index (κ2) is 5.52. The van der Waals surface area contributed by atoms with Crippen LogP contribution < -0.4 is 0 Å². The molecule has 1 unspecified atom stereocenters. The van der Waals surface area contributed by atoms with Gasteiger partial charge in [0.05, 0.1) is 0 Å². The van der Waals surface area contributed by atoms with Crippen molar-refractivity contribution >= 4 is 27.8 Å². The molecule has 18 heavy (non-hydrogen) atoms. The van der Waals surface area contributed by atoms with Gasteiger partial charge in [0, 0.05) is 16.6 Å². The molecule has 0 aromatic heterocycles. The zero-order valence-electron chi connectivity index (χ0n) is 9.80. The molecule has 1 amide bonds. The summed E-state index contributed by atoms with van der Waals surface area (Å²) in [6.07, 6.45) is 2.26. The van der Waals surface area contributed by atoms with E-state index in [1.807, 2.05) is 6.07 Å². The predicted molar refractivity (Wildman–Crippen MR) is 70.5 cm³/mol. The van der Waals surface area contributed by atoms with Crippen LogP contribution in [0.1, 0.15) is 29.6 Å². The van der Waals surface area contributed by atoms with Gasteiger partial charge in [-0.3, -0.25) is 4.79 Å². The molecule has 0 spiro atoms. The third kappa shape index (κ3) is 2.72. The monoisotopic (exact) mass is 311 g/mol. The average molecular weight is 312 g/mol. The molecule has 5 heteroatoms. The minimum Gasteiger partial charge on any atom is -0.480 e. The van der Waals surface area contributed by atoms with Gasteiger partial charge in [-0.05, 0) is 37.5 Å². The number of aliphatic carboxylic acids is 1. The van der Waals surface area contributed by atoms with Gasteiger partial charge in [0.1, 0.15) is 6.04 Å². The summed E-state index contributed by atoms with van der Waals surface area (Å²) in [5.74, 6) is -1.12. The summed E-state index contributed by atoms with van der Waals surface area (Å²) in [5, 5.41) is 9.16. The number of hydrogen-bond acceptors (Lipinski definition) is 2. The fourth-order valence-corrected chi connectivity index (χ4v) is 2.62. The van der Waals surface area contributed by atoms with E-state index in [1.54, 1.807) is 18.2 Å². The van der Waals surface area contributed by atoms with Crippen molar-refractivity contribution in [1.82, 2.24) is 4.90 Å². The van der Waals surface area contributed by atoms with Crippen LogP contribution in [0.2, 0.25) is 0 Å². The number of rotatable bonds is 2. The van der Waals surface area contributed by atoms with Gasteiger partial charge in [-0.1, -0.05) is 22.0 Å². The van der Waals surface area contributed by atoms with Gasteiger partial charge in [-0.2, -0.15) is 0 Å². The van der Waals surface area contributed by atoms with Gasteiger partial charge in [0.2, 0.25) is 0 Å². The van der Waals surface area contributed by atoms with Crippen LogP contribution in [-0.2, 0) is 4.79 Å². The predicted octanol–water partition coefficient (Wildman–Crippen LogP) is 2.53. The first kappa shape index (κ1) is 13.1. The van der Waals surface area contributed by atoms with Crippen LogP contribution in [0, 0.1) is 0 Å². The summed E-state index contributed by atoms with van der Waals surface area (Å²) >= 11 is 3.31. The molecule has 1 heterocycles. The number of carboxylic acids is 1. The average Bonchev–Trinajstić information content (AvgIpc) is 2.38. The van der Waals surface area contributed by atoms with E-state index < -0.39 is 12.0 Å². The maximum absolute atomic E-state index is 12.3. The van der Waals surface area contributed by atoms with Crippen molar-refractivity contribution in [1.29, 1.82) is 0 Å². The molecule has 1 aromatic carbocycles. The van der Waals surface area contributed by atoms with Crippen LogP contribution in [0.25, 0.3) is 0 Å². The van der Waals surface area contributed by atoms with E-state index in [0.29, 0.717) is 18.5 Å². The van der Waals surface area contributed by atoms with Crippen molar-refractivity contribution in [2.45, 2.75) is 25.3 Å². The highest BCUT2D eigenvalue weighted by molar-refractivity contribution is 9.10. The molecule has 4 nitrogen and oxygen atoms in total. The zero-order chi connectivity index (χ0) is 13.1. The summed E-state index contributed by atoms with van der Waals surface area (Å²) in [6.45, 7) is 0.516. The SMILES string of the molecule is O=C(O)C1CCCCN1C(=O)c1cccc(Br)c1. The third-order valence-corrected chi connectivity index (χ3v) is 3.61. The maximum atomic E-state index is 12.3. The molecule has 1 fully saturated rings. The van der Waals surface area contributed by atoms with Gasteiger partial charge in [0.15, 0.2) is 0 Å². The molecule has 1 aromatic rings. The molecule has 1 aliphatic heterocycles. The molecule has 0 radical (unpaired) electrons. The highest BCUT2D eigenvalue weighted by atomic mass is 79.9. The fraction of sp³-hybridized carbons (Fsp3) is 0.385. The van der Waals surface area contributed by atoms with Crippen molar-refractivity contribution in [2.75, 3.05) is 6.54 Å². The number of hydrogen-bond donors (Lipinski definition) is 1. The minimum atomic E-state index is -0.918. The van der Waals surface area contributed by atoms with E-state index >= 15 is 0 Å².